The minimum Gasteiger partial charge on any atom is -0.201 e. The van der Waals surface area contributed by atoms with Gasteiger partial charge in [-0.25, -0.2) is 22.8 Å². The zero-order valence-electron chi connectivity index (χ0n) is 78.6. The van der Waals surface area contributed by atoms with Crippen LogP contribution in [0.15, 0.2) is 183 Å². The van der Waals surface area contributed by atoms with Crippen LogP contribution in [0.3, 0.4) is 0 Å². The molecule has 10 heteroatoms. The molecule has 0 aliphatic heterocycles. The van der Waals surface area contributed by atoms with Crippen molar-refractivity contribution < 1.29 is 22.8 Å². The molecule has 10 aromatic rings. The lowest BCUT2D eigenvalue weighted by molar-refractivity contribution is -0.659. The van der Waals surface area contributed by atoms with Gasteiger partial charge in [0, 0.05) is 84.1 Å². The topological polar surface area (TPSA) is 19.4 Å². The molecule has 620 valence electrons. The summed E-state index contributed by atoms with van der Waals surface area (Å²) in [5, 5.41) is 7.95. The van der Waals surface area contributed by atoms with E-state index in [0.29, 0.717) is 17.8 Å². The highest BCUT2D eigenvalue weighted by molar-refractivity contribution is 6.90. The van der Waals surface area contributed by atoms with Gasteiger partial charge in [-0.05, 0) is 190 Å². The van der Waals surface area contributed by atoms with E-state index in [1.165, 1.54) is 202 Å². The molecule has 5 heterocycles. The van der Waals surface area contributed by atoms with Gasteiger partial charge in [0.25, 0.3) is 0 Å². The van der Waals surface area contributed by atoms with E-state index in [1.54, 1.807) is 32.3 Å². The number of aromatic nitrogens is 5. The first-order chi connectivity index (χ1) is 54.4. The summed E-state index contributed by atoms with van der Waals surface area (Å²) in [6.45, 7) is 59.4. The van der Waals surface area contributed by atoms with Crippen LogP contribution in [0.25, 0.3) is 56.3 Å². The first kappa shape index (κ1) is 92.8. The Balaban J connectivity index is 0.000000166. The molecule has 116 heavy (non-hydrogen) atoms. The minimum atomic E-state index is -1.39. The van der Waals surface area contributed by atoms with Crippen molar-refractivity contribution in [1.82, 2.24) is 0 Å². The van der Waals surface area contributed by atoms with Gasteiger partial charge in [0.1, 0.15) is 35.2 Å². The quantitative estimate of drug-likeness (QED) is 0.0639. The standard InChI is InChI=1S/C24H36NSi.2C23H34NSi.C19H28NSi.C17H24NSi/c1-18-12-10-11-15-21(18)23-16-22(19(2)20-13-8-7-9-14-20)24(17-25(23)3)26(4,5)6;1-17-11-7-10-14-20(17)22-15-21(18(2)19-12-8-9-13-19)23(16-24(22)3)25(4,5)6;1-18-11-9-10-14-21(18)22-16-20(15-19-12-7-6-8-13-19)23(17-24(22)2)25(3,4)5;1-14(2)16-9-8-15(3)18(12-16)19-11-10-17(13-20(19)4)21(5,6)7;1-13-7-8-14(2)16(11-13)17-10-9-15(12-18(17)3)19(4,5)6/h10-12,15-17,19-20H,7-9,13-14H2,1-6H3;7,10-11,14-16,18-19H,8-9,12-13H2,1-6H3;9-11,14,16-17,19H,6-8,12-13,15H2,1-5H3;8-14H,1-7H3;7-12H,1-6H3/q5*+1. The number of pyridine rings is 5. The third kappa shape index (κ3) is 24.1. The molecule has 0 N–H and O–H groups in total. The number of nitrogens with zero attached hydrogens (tertiary/aromatic N) is 5. The Morgan fingerprint density at radius 2 is 0.629 bits per heavy atom. The Morgan fingerprint density at radius 1 is 0.302 bits per heavy atom. The summed E-state index contributed by atoms with van der Waals surface area (Å²) in [6, 6.07) is 56.7. The fourth-order valence-corrected chi connectivity index (χ4v) is 26.0. The summed E-state index contributed by atoms with van der Waals surface area (Å²) in [5.74, 6) is 4.52. The monoisotopic (exact) mass is 1640 g/mol. The molecular weight excluding hydrogens is 1480 g/mol. The highest BCUT2D eigenvalue weighted by Crippen LogP contribution is 2.40. The molecule has 2 unspecified atom stereocenters. The first-order valence-electron chi connectivity index (χ1n) is 44.9. The summed E-state index contributed by atoms with van der Waals surface area (Å²) < 4.78 is 11.7. The van der Waals surface area contributed by atoms with E-state index in [9.17, 15) is 0 Å². The van der Waals surface area contributed by atoms with Crippen molar-refractivity contribution in [2.45, 2.75) is 282 Å². The number of hydrogen-bond donors (Lipinski definition) is 0. The van der Waals surface area contributed by atoms with E-state index in [1.807, 2.05) is 0 Å². The molecule has 5 nitrogen and oxygen atoms in total. The normalized spacial score (nSPS) is 15.1. The van der Waals surface area contributed by atoms with Gasteiger partial charge in [-0.2, -0.15) is 0 Å². The van der Waals surface area contributed by atoms with Crippen LogP contribution in [0.5, 0.6) is 0 Å². The van der Waals surface area contributed by atoms with Gasteiger partial charge in [0.2, 0.25) is 28.5 Å². The molecule has 0 spiro atoms. The minimum absolute atomic E-state index is 0.566. The van der Waals surface area contributed by atoms with Crippen molar-refractivity contribution in [2.75, 3.05) is 0 Å². The van der Waals surface area contributed by atoms with Crippen molar-refractivity contribution in [3.05, 3.63) is 238 Å². The lowest BCUT2D eigenvalue weighted by atomic mass is 9.77. The zero-order chi connectivity index (χ0) is 85.1. The highest BCUT2D eigenvalue weighted by atomic mass is 28.3. The molecule has 0 radical (unpaired) electrons. The highest BCUT2D eigenvalue weighted by Gasteiger charge is 2.36. The van der Waals surface area contributed by atoms with E-state index in [4.69, 9.17) is 0 Å². The molecule has 3 aliphatic rings. The average Bonchev–Trinajstić information content (AvgIpc) is 1.08. The van der Waals surface area contributed by atoms with Crippen LogP contribution in [0.4, 0.5) is 0 Å². The lowest BCUT2D eigenvalue weighted by Crippen LogP contribution is -2.48. The summed E-state index contributed by atoms with van der Waals surface area (Å²) in [5.41, 5.74) is 27.9. The second-order valence-electron chi connectivity index (χ2n) is 41.3. The van der Waals surface area contributed by atoms with Gasteiger partial charge in [-0.15, -0.1) is 0 Å². The van der Waals surface area contributed by atoms with Crippen LogP contribution >= 0.6 is 0 Å². The van der Waals surface area contributed by atoms with Gasteiger partial charge in [-0.1, -0.05) is 287 Å². The van der Waals surface area contributed by atoms with E-state index < -0.39 is 40.4 Å². The molecular formula is C106H156N5Si5+5. The fourth-order valence-electron chi connectivity index (χ4n) is 18.5. The van der Waals surface area contributed by atoms with Crippen LogP contribution in [-0.4, -0.2) is 40.4 Å². The second-order valence-corrected chi connectivity index (χ2v) is 66.6. The van der Waals surface area contributed by atoms with E-state index in [-0.39, 0.29) is 0 Å². The van der Waals surface area contributed by atoms with E-state index >= 15 is 0 Å². The summed E-state index contributed by atoms with van der Waals surface area (Å²) in [7, 11) is 4.37. The molecule has 5 aromatic heterocycles. The molecule has 3 aliphatic carbocycles. The molecule has 2 atom stereocenters. The molecule has 0 bridgehead atoms. The number of rotatable bonds is 17. The fraction of sp³-hybridized carbons (Fsp3) is 0.481. The average molecular weight is 1640 g/mol. The van der Waals surface area contributed by atoms with Crippen molar-refractivity contribution in [3.63, 3.8) is 0 Å². The summed E-state index contributed by atoms with van der Waals surface area (Å²) in [6.07, 6.45) is 33.2. The Kier molecular flexibility index (Phi) is 31.9. The van der Waals surface area contributed by atoms with E-state index in [0.717, 1.165) is 17.8 Å². The predicted molar refractivity (Wildman–Crippen MR) is 518 cm³/mol. The van der Waals surface area contributed by atoms with Crippen LogP contribution in [0, 0.1) is 59.3 Å². The van der Waals surface area contributed by atoms with Crippen LogP contribution in [0.2, 0.25) is 98.2 Å². The van der Waals surface area contributed by atoms with Crippen molar-refractivity contribution >= 4 is 66.3 Å². The molecule has 13 rings (SSSR count). The number of aryl methyl sites for hydroxylation is 11. The van der Waals surface area contributed by atoms with Crippen molar-refractivity contribution in [3.8, 4) is 56.3 Å². The van der Waals surface area contributed by atoms with Gasteiger partial charge >= 0.3 is 0 Å². The maximum atomic E-state index is 2.54. The molecule has 0 saturated heterocycles. The largest absolute Gasteiger partial charge is 0.212 e. The zero-order valence-corrected chi connectivity index (χ0v) is 83.6. The van der Waals surface area contributed by atoms with Crippen molar-refractivity contribution in [1.29, 1.82) is 0 Å². The lowest BCUT2D eigenvalue weighted by Gasteiger charge is -2.31. The Bertz CT molecular complexity index is 4950. The number of benzene rings is 5. The van der Waals surface area contributed by atoms with Crippen LogP contribution in [0.1, 0.15) is 191 Å². The van der Waals surface area contributed by atoms with Gasteiger partial charge in [0.15, 0.2) is 31.0 Å². The van der Waals surface area contributed by atoms with E-state index in [2.05, 4.69) is 408 Å². The van der Waals surface area contributed by atoms with Gasteiger partial charge in [-0.3, -0.25) is 0 Å². The smallest absolute Gasteiger partial charge is 0.201 e. The maximum Gasteiger partial charge on any atom is 0.212 e. The third-order valence-corrected chi connectivity index (χ3v) is 36.4. The SMILES string of the molecule is Cc1ccc(C(C)C)cc1-c1ccc([Si](C)(C)C)c[n+]1C.Cc1ccc(C)c(-c2ccc([Si](C)(C)C)c[n+]2C)c1.Cc1ccccc1-c1cc(C(C)C2CCCC2)c([Si](C)(C)C)c[n+]1C.Cc1ccccc1-c1cc(C(C)C2CCCCC2)c([Si](C)(C)C)c[n+]1C.Cc1ccccc1-c1cc(CC2CCCCC2)c([Si](C)(C)C)c[n+]1C. The van der Waals surface area contributed by atoms with Gasteiger partial charge in [0.05, 0.1) is 40.4 Å². The van der Waals surface area contributed by atoms with Crippen LogP contribution in [-0.2, 0) is 41.7 Å². The Hall–Kier alpha value is -7.07. The Morgan fingerprint density at radius 3 is 0.991 bits per heavy atom. The Labute approximate surface area is 713 Å². The van der Waals surface area contributed by atoms with Gasteiger partial charge < -0.3 is 0 Å². The second kappa shape index (κ2) is 39.9. The maximum absolute atomic E-state index is 2.54. The first-order valence-corrected chi connectivity index (χ1v) is 62.4. The summed E-state index contributed by atoms with van der Waals surface area (Å²) in [4.78, 5) is 0. The number of hydrogen-bond acceptors (Lipinski definition) is 0. The third-order valence-electron chi connectivity index (χ3n) is 26.2. The predicted octanol–water partition coefficient (Wildman–Crippen LogP) is 23.7. The van der Waals surface area contributed by atoms with Crippen molar-refractivity contribution in [2.24, 2.45) is 53.0 Å². The molecule has 5 aromatic carbocycles. The van der Waals surface area contributed by atoms with Crippen LogP contribution < -0.4 is 48.8 Å². The molecule has 3 saturated carbocycles. The summed E-state index contributed by atoms with van der Waals surface area (Å²) >= 11 is 0. The molecule has 3 fully saturated rings. The molecule has 0 amide bonds.